The zero-order chi connectivity index (χ0) is 41.1. The van der Waals surface area contributed by atoms with Crippen molar-refractivity contribution in [2.75, 3.05) is 4.90 Å². The molecule has 0 N–H and O–H groups in total. The lowest BCUT2D eigenvalue weighted by molar-refractivity contribution is 0.978. The summed E-state index contributed by atoms with van der Waals surface area (Å²) >= 11 is 0. The second kappa shape index (κ2) is 14.8. The van der Waals surface area contributed by atoms with Crippen molar-refractivity contribution in [1.29, 1.82) is 0 Å². The first-order valence-corrected chi connectivity index (χ1v) is 21.8. The van der Waals surface area contributed by atoms with Crippen LogP contribution in [-0.2, 0) is 12.8 Å². The molecule has 0 bridgehead atoms. The monoisotopic (exact) mass is 789 g/mol. The predicted octanol–water partition coefficient (Wildman–Crippen LogP) is 16.8. The maximum Gasteiger partial charge on any atom is 0.0494 e. The third kappa shape index (κ3) is 5.85. The van der Waals surface area contributed by atoms with E-state index in [1.165, 1.54) is 121 Å². The maximum atomic E-state index is 2.51. The summed E-state index contributed by atoms with van der Waals surface area (Å²) < 4.78 is 0. The highest BCUT2D eigenvalue weighted by Crippen LogP contribution is 2.49. The van der Waals surface area contributed by atoms with Crippen LogP contribution in [0.4, 0.5) is 17.1 Å². The molecular formula is C61H43N. The van der Waals surface area contributed by atoms with Gasteiger partial charge in [0.05, 0.1) is 0 Å². The van der Waals surface area contributed by atoms with Gasteiger partial charge in [-0.15, -0.1) is 0 Å². The Morgan fingerprint density at radius 2 is 0.597 bits per heavy atom. The SMILES string of the molecule is Cc1ccc(N2c3ccc(-c4c5ccccc5c(-c5ccccc5)c5ccccc45)cc3CCc3cc(-c4c5ccccc5c(-c5ccccc5)c5ccccc45)ccc32)cc1. The maximum absolute atomic E-state index is 2.51. The van der Waals surface area contributed by atoms with Gasteiger partial charge in [-0.2, -0.15) is 0 Å². The van der Waals surface area contributed by atoms with Gasteiger partial charge in [0.1, 0.15) is 0 Å². The molecule has 292 valence electrons. The number of anilines is 3. The quantitative estimate of drug-likeness (QED) is 0.157. The van der Waals surface area contributed by atoms with Crippen LogP contribution in [-0.4, -0.2) is 0 Å². The van der Waals surface area contributed by atoms with Crippen LogP contribution in [0.1, 0.15) is 16.7 Å². The van der Waals surface area contributed by atoms with Gasteiger partial charge >= 0.3 is 0 Å². The molecule has 12 rings (SSSR count). The van der Waals surface area contributed by atoms with Crippen LogP contribution in [0.25, 0.3) is 87.6 Å². The Hall–Kier alpha value is -7.74. The summed E-state index contributed by atoms with van der Waals surface area (Å²) in [5.74, 6) is 0. The number of aryl methyl sites for hydroxylation is 3. The Kier molecular flexibility index (Phi) is 8.61. The van der Waals surface area contributed by atoms with E-state index in [9.17, 15) is 0 Å². The average molecular weight is 790 g/mol. The molecule has 11 aromatic rings. The number of benzene rings is 11. The smallest absolute Gasteiger partial charge is 0.0494 e. The molecule has 0 radical (unpaired) electrons. The Morgan fingerprint density at radius 3 is 0.935 bits per heavy atom. The third-order valence-corrected chi connectivity index (χ3v) is 13.2. The zero-order valence-electron chi connectivity index (χ0n) is 34.6. The minimum absolute atomic E-state index is 0.925. The van der Waals surface area contributed by atoms with Gasteiger partial charge in [-0.1, -0.05) is 188 Å². The number of fused-ring (bicyclic) bond motifs is 6. The number of nitrogens with zero attached hydrogens (tertiary/aromatic N) is 1. The normalized spacial score (nSPS) is 12.4. The van der Waals surface area contributed by atoms with Crippen LogP contribution >= 0.6 is 0 Å². The molecule has 0 amide bonds. The molecule has 1 aliphatic heterocycles. The molecule has 62 heavy (non-hydrogen) atoms. The van der Waals surface area contributed by atoms with Crippen molar-refractivity contribution in [3.8, 4) is 44.5 Å². The number of hydrogen-bond donors (Lipinski definition) is 0. The van der Waals surface area contributed by atoms with Crippen LogP contribution in [0.5, 0.6) is 0 Å². The minimum atomic E-state index is 0.925. The van der Waals surface area contributed by atoms with Crippen molar-refractivity contribution in [1.82, 2.24) is 0 Å². The summed E-state index contributed by atoms with van der Waals surface area (Å²) in [7, 11) is 0. The molecule has 0 spiro atoms. The van der Waals surface area contributed by atoms with E-state index in [0.29, 0.717) is 0 Å². The van der Waals surface area contributed by atoms with E-state index in [1.807, 2.05) is 0 Å². The molecule has 1 heteroatoms. The van der Waals surface area contributed by atoms with E-state index in [0.717, 1.165) is 12.8 Å². The summed E-state index contributed by atoms with van der Waals surface area (Å²) in [5.41, 5.74) is 17.8. The highest BCUT2D eigenvalue weighted by molar-refractivity contribution is 6.23. The van der Waals surface area contributed by atoms with Gasteiger partial charge in [-0.25, -0.2) is 0 Å². The van der Waals surface area contributed by atoms with Gasteiger partial charge in [0.2, 0.25) is 0 Å². The Bertz CT molecular complexity index is 3180. The molecule has 1 nitrogen and oxygen atoms in total. The summed E-state index contributed by atoms with van der Waals surface area (Å²) in [6, 6.07) is 81.1. The van der Waals surface area contributed by atoms with Crippen molar-refractivity contribution >= 4 is 60.2 Å². The van der Waals surface area contributed by atoms with E-state index in [2.05, 4.69) is 230 Å². The molecule has 11 aromatic carbocycles. The fraction of sp³-hybridized carbons (Fsp3) is 0.0492. The molecule has 0 aromatic heterocycles. The molecule has 0 atom stereocenters. The van der Waals surface area contributed by atoms with Gasteiger partial charge in [0, 0.05) is 17.1 Å². The first-order valence-electron chi connectivity index (χ1n) is 21.8. The minimum Gasteiger partial charge on any atom is -0.310 e. The molecule has 0 aliphatic carbocycles. The summed E-state index contributed by atoms with van der Waals surface area (Å²) in [4.78, 5) is 2.51. The summed E-state index contributed by atoms with van der Waals surface area (Å²) in [6.07, 6.45) is 1.85. The lowest BCUT2D eigenvalue weighted by Crippen LogP contribution is -2.12. The van der Waals surface area contributed by atoms with Crippen molar-refractivity contribution in [2.24, 2.45) is 0 Å². The van der Waals surface area contributed by atoms with Crippen molar-refractivity contribution in [3.05, 3.63) is 235 Å². The topological polar surface area (TPSA) is 3.24 Å². The Morgan fingerprint density at radius 1 is 0.290 bits per heavy atom. The van der Waals surface area contributed by atoms with E-state index < -0.39 is 0 Å². The molecule has 0 saturated heterocycles. The zero-order valence-corrected chi connectivity index (χ0v) is 34.6. The van der Waals surface area contributed by atoms with Crippen LogP contribution in [0.15, 0.2) is 218 Å². The van der Waals surface area contributed by atoms with Gasteiger partial charge in [-0.3, -0.25) is 0 Å². The number of hydrogen-bond acceptors (Lipinski definition) is 1. The lowest BCUT2D eigenvalue weighted by atomic mass is 9.85. The van der Waals surface area contributed by atoms with Crippen LogP contribution in [0.2, 0.25) is 0 Å². The van der Waals surface area contributed by atoms with E-state index in [4.69, 9.17) is 0 Å². The standard InChI is InChI=1S/C61H43N/c1-40-28-34-47(35-29-40)62-56-36-32-45(60-52-24-12-8-20-48(52)58(41-16-4-2-5-17-41)49-21-9-13-25-53(49)60)38-43(56)30-31-44-39-46(33-37-57(44)62)61-54-26-14-10-22-50(54)59(42-18-6-3-7-19-42)51-23-11-15-27-55(51)61/h2-29,32-39H,30-31H2,1H3. The fourth-order valence-electron chi connectivity index (χ4n) is 10.4. The second-order valence-electron chi connectivity index (χ2n) is 16.8. The molecule has 1 heterocycles. The van der Waals surface area contributed by atoms with E-state index in [1.54, 1.807) is 0 Å². The average Bonchev–Trinajstić information content (AvgIpc) is 3.49. The molecule has 0 unspecified atom stereocenters. The largest absolute Gasteiger partial charge is 0.310 e. The summed E-state index contributed by atoms with van der Waals surface area (Å²) in [6.45, 7) is 2.17. The first-order chi connectivity index (χ1) is 30.7. The Balaban J connectivity index is 1.05. The van der Waals surface area contributed by atoms with Crippen molar-refractivity contribution < 1.29 is 0 Å². The van der Waals surface area contributed by atoms with Crippen LogP contribution < -0.4 is 4.90 Å². The summed E-state index contributed by atoms with van der Waals surface area (Å²) in [5, 5.41) is 10.2. The van der Waals surface area contributed by atoms with E-state index in [-0.39, 0.29) is 0 Å². The van der Waals surface area contributed by atoms with Gasteiger partial charge in [-0.05, 0) is 155 Å². The molecule has 0 fully saturated rings. The second-order valence-corrected chi connectivity index (χ2v) is 16.8. The lowest BCUT2D eigenvalue weighted by Gasteiger charge is -2.28. The predicted molar refractivity (Wildman–Crippen MR) is 265 cm³/mol. The molecule has 1 aliphatic rings. The van der Waals surface area contributed by atoms with Gasteiger partial charge in [0.25, 0.3) is 0 Å². The van der Waals surface area contributed by atoms with E-state index >= 15 is 0 Å². The van der Waals surface area contributed by atoms with Crippen molar-refractivity contribution in [2.45, 2.75) is 19.8 Å². The third-order valence-electron chi connectivity index (χ3n) is 13.2. The van der Waals surface area contributed by atoms with Crippen molar-refractivity contribution in [3.63, 3.8) is 0 Å². The van der Waals surface area contributed by atoms with Crippen LogP contribution in [0.3, 0.4) is 0 Å². The molecular weight excluding hydrogens is 747 g/mol. The number of rotatable bonds is 5. The highest BCUT2D eigenvalue weighted by atomic mass is 15.1. The highest BCUT2D eigenvalue weighted by Gasteiger charge is 2.26. The van der Waals surface area contributed by atoms with Crippen LogP contribution in [0, 0.1) is 6.92 Å². The van der Waals surface area contributed by atoms with Gasteiger partial charge < -0.3 is 4.90 Å². The van der Waals surface area contributed by atoms with Gasteiger partial charge in [0.15, 0.2) is 0 Å². The fourth-order valence-corrected chi connectivity index (χ4v) is 10.4. The molecule has 0 saturated carbocycles. The Labute approximate surface area is 362 Å². The first kappa shape index (κ1) is 36.1.